The highest BCUT2D eigenvalue weighted by molar-refractivity contribution is 9.10. The molecular formula is C11H12BrN3O3. The van der Waals surface area contributed by atoms with E-state index >= 15 is 0 Å². The first-order chi connectivity index (χ1) is 8.54. The molecule has 0 radical (unpaired) electrons. The molecule has 0 saturated heterocycles. The van der Waals surface area contributed by atoms with Gasteiger partial charge < -0.3 is 15.7 Å². The van der Waals surface area contributed by atoms with Crippen LogP contribution in [0.1, 0.15) is 23.3 Å². The van der Waals surface area contributed by atoms with E-state index in [1.807, 2.05) is 0 Å². The summed E-state index contributed by atoms with van der Waals surface area (Å²) < 4.78 is 0.813. The lowest BCUT2D eigenvalue weighted by Gasteiger charge is -2.35. The van der Waals surface area contributed by atoms with Gasteiger partial charge in [-0.1, -0.05) is 0 Å². The number of nitrogens with zero attached hydrogens (tertiary/aromatic N) is 1. The normalized spacial score (nSPS) is 21.8. The molecule has 0 unspecified atom stereocenters. The SMILES string of the molecule is O=C(O)NC1CC(NC(=O)c2ccc(Br)cn2)C1. The molecule has 0 atom stereocenters. The Morgan fingerprint density at radius 3 is 2.50 bits per heavy atom. The molecule has 1 saturated carbocycles. The average molecular weight is 314 g/mol. The maximum absolute atomic E-state index is 11.8. The summed E-state index contributed by atoms with van der Waals surface area (Å²) in [4.78, 5) is 26.1. The van der Waals surface area contributed by atoms with Gasteiger partial charge >= 0.3 is 6.09 Å². The lowest BCUT2D eigenvalue weighted by molar-refractivity contribution is 0.0897. The Labute approximate surface area is 112 Å². The van der Waals surface area contributed by atoms with Crippen LogP contribution in [0.2, 0.25) is 0 Å². The van der Waals surface area contributed by atoms with Crippen molar-refractivity contribution in [2.24, 2.45) is 0 Å². The van der Waals surface area contributed by atoms with Crippen molar-refractivity contribution in [3.05, 3.63) is 28.5 Å². The lowest BCUT2D eigenvalue weighted by Crippen LogP contribution is -2.53. The predicted molar refractivity (Wildman–Crippen MR) is 67.4 cm³/mol. The molecule has 1 fully saturated rings. The van der Waals surface area contributed by atoms with Gasteiger partial charge in [0.15, 0.2) is 0 Å². The molecule has 3 N–H and O–H groups in total. The molecule has 2 rings (SSSR count). The van der Waals surface area contributed by atoms with E-state index in [2.05, 4.69) is 31.5 Å². The molecule has 0 bridgehead atoms. The first kappa shape index (κ1) is 12.8. The number of nitrogens with one attached hydrogen (secondary N) is 2. The second kappa shape index (κ2) is 5.34. The number of hydrogen-bond donors (Lipinski definition) is 3. The minimum absolute atomic E-state index is 0.0137. The number of carbonyl (C=O) groups excluding carboxylic acids is 1. The van der Waals surface area contributed by atoms with Crippen LogP contribution >= 0.6 is 15.9 Å². The number of hydrogen-bond acceptors (Lipinski definition) is 3. The van der Waals surface area contributed by atoms with E-state index < -0.39 is 6.09 Å². The van der Waals surface area contributed by atoms with Crippen LogP contribution in [-0.2, 0) is 0 Å². The molecule has 96 valence electrons. The second-order valence-corrected chi connectivity index (χ2v) is 5.07. The van der Waals surface area contributed by atoms with Crippen LogP contribution in [0.25, 0.3) is 0 Å². The predicted octanol–water partition coefficient (Wildman–Crippen LogP) is 1.37. The summed E-state index contributed by atoms with van der Waals surface area (Å²) in [5, 5.41) is 13.7. The molecule has 1 aromatic heterocycles. The van der Waals surface area contributed by atoms with Gasteiger partial charge in [-0.25, -0.2) is 9.78 Å². The Kier molecular flexibility index (Phi) is 3.81. The smallest absolute Gasteiger partial charge is 0.404 e. The van der Waals surface area contributed by atoms with Crippen molar-refractivity contribution < 1.29 is 14.7 Å². The third-order valence-corrected chi connectivity index (χ3v) is 3.23. The van der Waals surface area contributed by atoms with E-state index in [0.717, 1.165) is 4.47 Å². The molecule has 1 aromatic rings. The van der Waals surface area contributed by atoms with Crippen LogP contribution in [0.15, 0.2) is 22.8 Å². The summed E-state index contributed by atoms with van der Waals surface area (Å²) in [6.07, 6.45) is 1.77. The zero-order valence-corrected chi connectivity index (χ0v) is 11.0. The van der Waals surface area contributed by atoms with E-state index in [1.54, 1.807) is 18.3 Å². The highest BCUT2D eigenvalue weighted by Gasteiger charge is 2.31. The first-order valence-corrected chi connectivity index (χ1v) is 6.26. The summed E-state index contributed by atoms with van der Waals surface area (Å²) in [6, 6.07) is 3.33. The van der Waals surface area contributed by atoms with E-state index in [0.29, 0.717) is 18.5 Å². The van der Waals surface area contributed by atoms with Gasteiger partial charge in [-0.05, 0) is 40.9 Å². The number of halogens is 1. The van der Waals surface area contributed by atoms with Gasteiger partial charge in [0.05, 0.1) is 0 Å². The Balaban J connectivity index is 1.80. The van der Waals surface area contributed by atoms with E-state index in [-0.39, 0.29) is 18.0 Å². The number of aromatic nitrogens is 1. The van der Waals surface area contributed by atoms with Crippen LogP contribution in [0.3, 0.4) is 0 Å². The summed E-state index contributed by atoms with van der Waals surface area (Å²) in [6.45, 7) is 0. The van der Waals surface area contributed by atoms with Crippen LogP contribution in [0, 0.1) is 0 Å². The Hall–Kier alpha value is -1.63. The third-order valence-electron chi connectivity index (χ3n) is 2.76. The van der Waals surface area contributed by atoms with Crippen molar-refractivity contribution in [2.75, 3.05) is 0 Å². The van der Waals surface area contributed by atoms with E-state index in [9.17, 15) is 9.59 Å². The first-order valence-electron chi connectivity index (χ1n) is 5.46. The molecule has 1 aliphatic rings. The van der Waals surface area contributed by atoms with Gasteiger partial charge in [0.2, 0.25) is 0 Å². The van der Waals surface area contributed by atoms with Crippen LogP contribution in [0.5, 0.6) is 0 Å². The fraction of sp³-hybridized carbons (Fsp3) is 0.364. The third kappa shape index (κ3) is 3.19. The van der Waals surface area contributed by atoms with Gasteiger partial charge in [0.25, 0.3) is 5.91 Å². The molecule has 18 heavy (non-hydrogen) atoms. The summed E-state index contributed by atoms with van der Waals surface area (Å²) >= 11 is 3.24. The van der Waals surface area contributed by atoms with Crippen molar-refractivity contribution >= 4 is 27.9 Å². The summed E-state index contributed by atoms with van der Waals surface area (Å²) in [7, 11) is 0. The molecule has 0 aromatic carbocycles. The minimum Gasteiger partial charge on any atom is -0.465 e. The van der Waals surface area contributed by atoms with Gasteiger partial charge in [0, 0.05) is 22.8 Å². The van der Waals surface area contributed by atoms with Crippen molar-refractivity contribution in [3.63, 3.8) is 0 Å². The van der Waals surface area contributed by atoms with Crippen molar-refractivity contribution in [1.82, 2.24) is 15.6 Å². The quantitative estimate of drug-likeness (QED) is 0.786. The molecule has 0 aliphatic heterocycles. The topological polar surface area (TPSA) is 91.3 Å². The summed E-state index contributed by atoms with van der Waals surface area (Å²) in [5.74, 6) is -0.235. The zero-order chi connectivity index (χ0) is 13.1. The second-order valence-electron chi connectivity index (χ2n) is 4.15. The molecule has 1 aliphatic carbocycles. The highest BCUT2D eigenvalue weighted by atomic mass is 79.9. The van der Waals surface area contributed by atoms with E-state index in [1.165, 1.54) is 0 Å². The largest absolute Gasteiger partial charge is 0.465 e. The van der Waals surface area contributed by atoms with Crippen LogP contribution < -0.4 is 10.6 Å². The van der Waals surface area contributed by atoms with Gasteiger partial charge in [0.1, 0.15) is 5.69 Å². The fourth-order valence-corrected chi connectivity index (χ4v) is 2.03. The molecule has 7 heteroatoms. The molecule has 2 amide bonds. The molecule has 1 heterocycles. The Morgan fingerprint density at radius 1 is 1.28 bits per heavy atom. The fourth-order valence-electron chi connectivity index (χ4n) is 1.80. The number of amides is 2. The highest BCUT2D eigenvalue weighted by Crippen LogP contribution is 2.20. The Morgan fingerprint density at radius 2 is 1.94 bits per heavy atom. The minimum atomic E-state index is -1.03. The zero-order valence-electron chi connectivity index (χ0n) is 9.39. The average Bonchev–Trinajstić information content (AvgIpc) is 2.26. The van der Waals surface area contributed by atoms with Gasteiger partial charge in [-0.15, -0.1) is 0 Å². The van der Waals surface area contributed by atoms with Crippen molar-refractivity contribution in [3.8, 4) is 0 Å². The maximum atomic E-state index is 11.8. The van der Waals surface area contributed by atoms with Gasteiger partial charge in [-0.2, -0.15) is 0 Å². The maximum Gasteiger partial charge on any atom is 0.404 e. The lowest BCUT2D eigenvalue weighted by atomic mass is 9.87. The number of carboxylic acid groups (broad SMARTS) is 1. The number of carbonyl (C=O) groups is 2. The van der Waals surface area contributed by atoms with Crippen molar-refractivity contribution in [2.45, 2.75) is 24.9 Å². The molecule has 0 spiro atoms. The molecule has 6 nitrogen and oxygen atoms in total. The Bertz CT molecular complexity index is 457. The van der Waals surface area contributed by atoms with Crippen LogP contribution in [-0.4, -0.2) is 34.2 Å². The van der Waals surface area contributed by atoms with Crippen LogP contribution in [0.4, 0.5) is 4.79 Å². The summed E-state index contributed by atoms with van der Waals surface area (Å²) in [5.41, 5.74) is 0.354. The number of rotatable bonds is 3. The monoisotopic (exact) mass is 313 g/mol. The number of pyridine rings is 1. The van der Waals surface area contributed by atoms with Gasteiger partial charge in [-0.3, -0.25) is 4.79 Å². The standard InChI is InChI=1S/C11H12BrN3O3/c12-6-1-2-9(13-5-6)10(16)14-7-3-8(4-7)15-11(17)18/h1-2,5,7-8,15H,3-4H2,(H,14,16)(H,17,18). The molecular weight excluding hydrogens is 302 g/mol. The van der Waals surface area contributed by atoms with E-state index in [4.69, 9.17) is 5.11 Å². The van der Waals surface area contributed by atoms with Crippen molar-refractivity contribution in [1.29, 1.82) is 0 Å².